The highest BCUT2D eigenvalue weighted by Crippen LogP contribution is 2.14. The molecule has 0 aliphatic carbocycles. The van der Waals surface area contributed by atoms with Crippen LogP contribution in [0.3, 0.4) is 0 Å². The first kappa shape index (κ1) is 28.3. The summed E-state index contributed by atoms with van der Waals surface area (Å²) in [5.74, 6) is -5.13. The summed E-state index contributed by atoms with van der Waals surface area (Å²) in [5, 5.41) is 10.3. The normalized spacial score (nSPS) is 13.7. The van der Waals surface area contributed by atoms with E-state index < -0.39 is 23.8 Å². The molecule has 0 radical (unpaired) electrons. The average Bonchev–Trinajstić information content (AvgIpc) is 2.77. The number of unbranched alkanes of at least 4 members (excludes halogenated alkanes) is 2. The third-order valence-electron chi connectivity index (χ3n) is 4.79. The van der Waals surface area contributed by atoms with Crippen molar-refractivity contribution in [3.8, 4) is 0 Å². The third kappa shape index (κ3) is 10.1. The van der Waals surface area contributed by atoms with Crippen LogP contribution in [0.5, 0.6) is 0 Å². The van der Waals surface area contributed by atoms with Gasteiger partial charge in [-0.05, 0) is 24.6 Å². The Hall–Kier alpha value is -2.76. The minimum Gasteiger partial charge on any atom is -0.475 e. The van der Waals surface area contributed by atoms with Crippen LogP contribution in [0.25, 0.3) is 0 Å². The standard InChI is InChI=1S/C19H27F2N3O2.C2HF3O2/c1-2-3-4-10-24(11-7-18(25)23-12-8-22-9-13-23)19(26)15-5-6-16(20)17(21)14-15;3-2(4,5)1(6)7/h5-6,14,22H,2-4,7-13H2,1H3;(H,6,7). The van der Waals surface area contributed by atoms with E-state index in [0.29, 0.717) is 19.6 Å². The van der Waals surface area contributed by atoms with Gasteiger partial charge in [-0.15, -0.1) is 0 Å². The second kappa shape index (κ2) is 13.7. The molecule has 186 valence electrons. The van der Waals surface area contributed by atoms with Crippen molar-refractivity contribution in [3.05, 3.63) is 35.4 Å². The molecule has 33 heavy (non-hydrogen) atoms. The van der Waals surface area contributed by atoms with E-state index >= 15 is 0 Å². The number of alkyl halides is 3. The summed E-state index contributed by atoms with van der Waals surface area (Å²) in [6, 6.07) is 3.16. The van der Waals surface area contributed by atoms with Gasteiger partial charge >= 0.3 is 12.1 Å². The summed E-state index contributed by atoms with van der Waals surface area (Å²) in [7, 11) is 0. The van der Waals surface area contributed by atoms with E-state index in [4.69, 9.17) is 9.90 Å². The molecule has 0 saturated carbocycles. The van der Waals surface area contributed by atoms with E-state index in [1.165, 1.54) is 6.07 Å². The van der Waals surface area contributed by atoms with Crippen molar-refractivity contribution in [2.75, 3.05) is 39.3 Å². The first-order valence-corrected chi connectivity index (χ1v) is 10.5. The van der Waals surface area contributed by atoms with Crippen molar-refractivity contribution in [2.24, 2.45) is 0 Å². The number of halogens is 5. The van der Waals surface area contributed by atoms with Gasteiger partial charge in [0, 0.05) is 51.3 Å². The second-order valence-electron chi connectivity index (χ2n) is 7.31. The molecule has 7 nitrogen and oxygen atoms in total. The summed E-state index contributed by atoms with van der Waals surface area (Å²) >= 11 is 0. The number of carbonyl (C=O) groups excluding carboxylic acids is 2. The van der Waals surface area contributed by atoms with Gasteiger partial charge in [0.15, 0.2) is 11.6 Å². The zero-order chi connectivity index (χ0) is 25.0. The van der Waals surface area contributed by atoms with Crippen molar-refractivity contribution < 1.29 is 41.4 Å². The highest BCUT2D eigenvalue weighted by molar-refractivity contribution is 5.94. The molecule has 0 bridgehead atoms. The maximum Gasteiger partial charge on any atom is 0.490 e. The number of amides is 2. The molecule has 1 aliphatic heterocycles. The fourth-order valence-electron chi connectivity index (χ4n) is 2.98. The van der Waals surface area contributed by atoms with Crippen molar-refractivity contribution in [2.45, 2.75) is 38.8 Å². The molecule has 1 aromatic carbocycles. The molecule has 1 fully saturated rings. The number of aliphatic carboxylic acids is 1. The molecule has 2 rings (SSSR count). The Balaban J connectivity index is 0.000000675. The Kier molecular flexibility index (Phi) is 11.7. The predicted octanol–water partition coefficient (Wildman–Crippen LogP) is 3.05. The topological polar surface area (TPSA) is 90.0 Å². The highest BCUT2D eigenvalue weighted by atomic mass is 19.4. The first-order chi connectivity index (χ1) is 15.5. The zero-order valence-corrected chi connectivity index (χ0v) is 18.3. The van der Waals surface area contributed by atoms with Gasteiger partial charge < -0.3 is 20.2 Å². The van der Waals surface area contributed by atoms with Gasteiger partial charge in [0.2, 0.25) is 5.91 Å². The molecule has 1 aliphatic rings. The van der Waals surface area contributed by atoms with E-state index in [1.807, 2.05) is 0 Å². The number of hydrogen-bond donors (Lipinski definition) is 2. The Morgan fingerprint density at radius 1 is 1.06 bits per heavy atom. The van der Waals surface area contributed by atoms with Crippen molar-refractivity contribution >= 4 is 17.8 Å². The number of carboxylic acids is 1. The van der Waals surface area contributed by atoms with Gasteiger partial charge in [-0.1, -0.05) is 19.8 Å². The van der Waals surface area contributed by atoms with Crippen molar-refractivity contribution in [3.63, 3.8) is 0 Å². The number of benzene rings is 1. The summed E-state index contributed by atoms with van der Waals surface area (Å²) in [5.41, 5.74) is 0.106. The van der Waals surface area contributed by atoms with Crippen LogP contribution in [0.2, 0.25) is 0 Å². The molecule has 12 heteroatoms. The Labute approximate surface area is 188 Å². The lowest BCUT2D eigenvalue weighted by atomic mass is 10.1. The van der Waals surface area contributed by atoms with Crippen LogP contribution >= 0.6 is 0 Å². The van der Waals surface area contributed by atoms with Crippen LogP contribution in [0, 0.1) is 11.6 Å². The van der Waals surface area contributed by atoms with Crippen molar-refractivity contribution in [1.82, 2.24) is 15.1 Å². The van der Waals surface area contributed by atoms with E-state index in [2.05, 4.69) is 12.2 Å². The van der Waals surface area contributed by atoms with E-state index in [9.17, 15) is 31.5 Å². The molecular weight excluding hydrogens is 453 g/mol. The van der Waals surface area contributed by atoms with Crippen LogP contribution in [0.4, 0.5) is 22.0 Å². The van der Waals surface area contributed by atoms with E-state index in [1.54, 1.807) is 9.80 Å². The van der Waals surface area contributed by atoms with Gasteiger partial charge in [0.05, 0.1) is 0 Å². The summed E-state index contributed by atoms with van der Waals surface area (Å²) in [6.45, 7) is 5.75. The fraction of sp³-hybridized carbons (Fsp3) is 0.571. The van der Waals surface area contributed by atoms with Crippen LogP contribution in [0.1, 0.15) is 43.0 Å². The van der Waals surface area contributed by atoms with Crippen LogP contribution in [0.15, 0.2) is 18.2 Å². The molecule has 0 spiro atoms. The quantitative estimate of drug-likeness (QED) is 0.440. The largest absolute Gasteiger partial charge is 0.490 e. The molecule has 1 heterocycles. The predicted molar refractivity (Wildman–Crippen MR) is 110 cm³/mol. The molecule has 1 saturated heterocycles. The Morgan fingerprint density at radius 3 is 2.18 bits per heavy atom. The average molecular weight is 481 g/mol. The SMILES string of the molecule is CCCCCN(CCC(=O)N1CCNCC1)C(=O)c1ccc(F)c(F)c1.O=C(O)C(F)(F)F. The maximum atomic E-state index is 13.5. The minimum absolute atomic E-state index is 0.0186. The monoisotopic (exact) mass is 481 g/mol. The molecule has 2 N–H and O–H groups in total. The fourth-order valence-corrected chi connectivity index (χ4v) is 2.98. The number of nitrogens with zero attached hydrogens (tertiary/aromatic N) is 2. The lowest BCUT2D eigenvalue weighted by Crippen LogP contribution is -2.47. The second-order valence-corrected chi connectivity index (χ2v) is 7.31. The van der Waals surface area contributed by atoms with Gasteiger partial charge in [-0.25, -0.2) is 13.6 Å². The number of nitrogens with one attached hydrogen (secondary N) is 1. The third-order valence-corrected chi connectivity index (χ3v) is 4.79. The van der Waals surface area contributed by atoms with Crippen LogP contribution in [-0.2, 0) is 9.59 Å². The van der Waals surface area contributed by atoms with Gasteiger partial charge in [0.25, 0.3) is 5.91 Å². The maximum absolute atomic E-state index is 13.5. The number of carboxylic acid groups (broad SMARTS) is 1. The highest BCUT2D eigenvalue weighted by Gasteiger charge is 2.38. The Morgan fingerprint density at radius 2 is 1.67 bits per heavy atom. The minimum atomic E-state index is -5.08. The number of carbonyl (C=O) groups is 3. The van der Waals surface area contributed by atoms with Gasteiger partial charge in [0.1, 0.15) is 0 Å². The lowest BCUT2D eigenvalue weighted by molar-refractivity contribution is -0.192. The molecule has 1 aromatic rings. The van der Waals surface area contributed by atoms with E-state index in [0.717, 1.165) is 44.5 Å². The van der Waals surface area contributed by atoms with Gasteiger partial charge in [-0.3, -0.25) is 9.59 Å². The van der Waals surface area contributed by atoms with Crippen molar-refractivity contribution in [1.29, 1.82) is 0 Å². The van der Waals surface area contributed by atoms with Crippen LogP contribution < -0.4 is 5.32 Å². The summed E-state index contributed by atoms with van der Waals surface area (Å²) < 4.78 is 58.3. The summed E-state index contributed by atoms with van der Waals surface area (Å²) in [4.78, 5) is 37.3. The lowest BCUT2D eigenvalue weighted by Gasteiger charge is -2.29. The molecule has 0 atom stereocenters. The number of piperazine rings is 1. The Bertz CT molecular complexity index is 799. The summed E-state index contributed by atoms with van der Waals surface area (Å²) in [6.07, 6.45) is -2.06. The molecule has 0 aromatic heterocycles. The molecular formula is C21H28F5N3O4. The molecule has 2 amide bonds. The number of rotatable bonds is 8. The van der Waals surface area contributed by atoms with Gasteiger partial charge in [-0.2, -0.15) is 13.2 Å². The number of hydrogen-bond acceptors (Lipinski definition) is 4. The smallest absolute Gasteiger partial charge is 0.475 e. The van der Waals surface area contributed by atoms with Crippen LogP contribution in [-0.4, -0.2) is 78.1 Å². The zero-order valence-electron chi connectivity index (χ0n) is 18.3. The van der Waals surface area contributed by atoms with E-state index in [-0.39, 0.29) is 30.3 Å². The first-order valence-electron chi connectivity index (χ1n) is 10.5. The molecule has 0 unspecified atom stereocenters.